The van der Waals surface area contributed by atoms with Gasteiger partial charge in [-0.1, -0.05) is 13.5 Å². The van der Waals surface area contributed by atoms with Crippen molar-refractivity contribution in [1.29, 1.82) is 0 Å². The van der Waals surface area contributed by atoms with Gasteiger partial charge in [-0.15, -0.1) is 0 Å². The van der Waals surface area contributed by atoms with Crippen molar-refractivity contribution in [3.63, 3.8) is 0 Å². The number of hydrogen-bond donors (Lipinski definition) is 2. The molecule has 0 bridgehead atoms. The second-order valence-electron chi connectivity index (χ2n) is 4.49. The summed E-state index contributed by atoms with van der Waals surface area (Å²) >= 11 is 0. The third-order valence-electron chi connectivity index (χ3n) is 3.43. The Morgan fingerprint density at radius 1 is 1.53 bits per heavy atom. The van der Waals surface area contributed by atoms with Gasteiger partial charge in [0.05, 0.1) is 6.61 Å². The number of hydroxylamine groups is 1. The zero-order chi connectivity index (χ0) is 11.3. The van der Waals surface area contributed by atoms with Crippen LogP contribution in [0.1, 0.15) is 19.8 Å². The second-order valence-corrected chi connectivity index (χ2v) is 4.49. The number of allylic oxidation sites excluding steroid dienone is 1. The summed E-state index contributed by atoms with van der Waals surface area (Å²) in [6.45, 7) is 9.86. The zero-order valence-electron chi connectivity index (χ0n) is 9.75. The van der Waals surface area contributed by atoms with Crippen LogP contribution in [0, 0.1) is 5.41 Å². The van der Waals surface area contributed by atoms with Crippen LogP contribution in [0.15, 0.2) is 12.3 Å². The molecule has 0 unspecified atom stereocenters. The number of hydrogen-bond acceptors (Lipinski definition) is 4. The van der Waals surface area contributed by atoms with E-state index in [0.717, 1.165) is 44.8 Å². The van der Waals surface area contributed by atoms with E-state index in [1.54, 1.807) is 7.11 Å². The summed E-state index contributed by atoms with van der Waals surface area (Å²) in [5.74, 6) is 0. The molecule has 0 spiro atoms. The van der Waals surface area contributed by atoms with Crippen LogP contribution >= 0.6 is 0 Å². The van der Waals surface area contributed by atoms with Crippen molar-refractivity contribution in [2.75, 3.05) is 33.4 Å². The van der Waals surface area contributed by atoms with Crippen molar-refractivity contribution in [3.8, 4) is 0 Å². The lowest BCUT2D eigenvalue weighted by molar-refractivity contribution is 0.0826. The van der Waals surface area contributed by atoms with E-state index >= 15 is 0 Å². The van der Waals surface area contributed by atoms with E-state index in [-0.39, 0.29) is 5.41 Å². The van der Waals surface area contributed by atoms with Gasteiger partial charge in [-0.2, -0.15) is 0 Å². The number of piperidine rings is 1. The van der Waals surface area contributed by atoms with Gasteiger partial charge in [-0.25, -0.2) is 0 Å². The third-order valence-corrected chi connectivity index (χ3v) is 3.43. The normalized spacial score (nSPS) is 21.3. The molecule has 1 aliphatic rings. The molecular formula is C11H22N2O2. The third kappa shape index (κ3) is 3.19. The maximum absolute atomic E-state index is 8.88. The lowest BCUT2D eigenvalue weighted by Crippen LogP contribution is -2.42. The highest BCUT2D eigenvalue weighted by Crippen LogP contribution is 2.35. The Kier molecular flexibility index (Phi) is 4.57. The predicted molar refractivity (Wildman–Crippen MR) is 59.7 cm³/mol. The molecule has 0 aromatic rings. The van der Waals surface area contributed by atoms with Gasteiger partial charge in [0.1, 0.15) is 0 Å². The summed E-state index contributed by atoms with van der Waals surface area (Å²) in [7, 11) is 1.73. The zero-order valence-corrected chi connectivity index (χ0v) is 9.75. The van der Waals surface area contributed by atoms with Crippen LogP contribution in [-0.4, -0.2) is 43.5 Å². The topological polar surface area (TPSA) is 44.7 Å². The predicted octanol–water partition coefficient (Wildman–Crippen LogP) is 1.23. The Hall–Kier alpha value is -0.580. The van der Waals surface area contributed by atoms with Crippen molar-refractivity contribution >= 4 is 0 Å². The van der Waals surface area contributed by atoms with Gasteiger partial charge >= 0.3 is 0 Å². The second kappa shape index (κ2) is 5.49. The van der Waals surface area contributed by atoms with Crippen molar-refractivity contribution < 1.29 is 9.94 Å². The Bertz CT molecular complexity index is 211. The van der Waals surface area contributed by atoms with Crippen LogP contribution in [0.25, 0.3) is 0 Å². The maximum atomic E-state index is 8.88. The molecule has 1 rings (SSSR count). The first kappa shape index (κ1) is 12.5. The fourth-order valence-electron chi connectivity index (χ4n) is 1.93. The van der Waals surface area contributed by atoms with E-state index in [1.807, 2.05) is 0 Å². The van der Waals surface area contributed by atoms with Crippen LogP contribution < -0.4 is 5.48 Å². The lowest BCUT2D eigenvalue weighted by atomic mass is 9.78. The average molecular weight is 214 g/mol. The molecule has 1 heterocycles. The van der Waals surface area contributed by atoms with Crippen LogP contribution in [0.2, 0.25) is 0 Å². The minimum atomic E-state index is 0.0261. The average Bonchev–Trinajstić information content (AvgIpc) is 2.27. The minimum absolute atomic E-state index is 0.0261. The highest BCUT2D eigenvalue weighted by molar-refractivity contribution is 5.06. The molecule has 0 amide bonds. The number of likely N-dealkylation sites (tertiary alicyclic amines) is 1. The SMILES string of the molecule is C=C(NO)C1(C)CCN(CCOC)CC1. The standard InChI is InChI=1S/C11H22N2O2/c1-10(12-14)11(2)4-6-13(7-5-11)8-9-15-3/h12,14H,1,4-9H2,2-3H3. The van der Waals surface area contributed by atoms with Gasteiger partial charge in [0.25, 0.3) is 0 Å². The summed E-state index contributed by atoms with van der Waals surface area (Å²) in [6.07, 6.45) is 2.06. The molecule has 88 valence electrons. The number of rotatable bonds is 5. The van der Waals surface area contributed by atoms with Crippen molar-refractivity contribution in [2.45, 2.75) is 19.8 Å². The number of methoxy groups -OCH3 is 1. The fourth-order valence-corrected chi connectivity index (χ4v) is 1.93. The number of nitrogens with one attached hydrogen (secondary N) is 1. The molecule has 15 heavy (non-hydrogen) atoms. The largest absolute Gasteiger partial charge is 0.383 e. The first-order valence-electron chi connectivity index (χ1n) is 5.43. The maximum Gasteiger partial charge on any atom is 0.0589 e. The van der Waals surface area contributed by atoms with E-state index in [4.69, 9.17) is 9.94 Å². The quantitative estimate of drug-likeness (QED) is 0.676. The summed E-state index contributed by atoms with van der Waals surface area (Å²) in [6, 6.07) is 0. The van der Waals surface area contributed by atoms with E-state index in [1.165, 1.54) is 0 Å². The highest BCUT2D eigenvalue weighted by Gasteiger charge is 2.32. The van der Waals surface area contributed by atoms with Crippen LogP contribution in [0.5, 0.6) is 0 Å². The van der Waals surface area contributed by atoms with Gasteiger partial charge in [-0.05, 0) is 25.9 Å². The smallest absolute Gasteiger partial charge is 0.0589 e. The molecule has 0 aromatic heterocycles. The first-order chi connectivity index (χ1) is 7.12. The van der Waals surface area contributed by atoms with E-state index in [2.05, 4.69) is 23.9 Å². The van der Waals surface area contributed by atoms with E-state index in [9.17, 15) is 0 Å². The molecule has 4 nitrogen and oxygen atoms in total. The Morgan fingerprint density at radius 3 is 2.60 bits per heavy atom. The summed E-state index contributed by atoms with van der Waals surface area (Å²) in [4.78, 5) is 2.38. The molecule has 2 N–H and O–H groups in total. The number of ether oxygens (including phenoxy) is 1. The fraction of sp³-hybridized carbons (Fsp3) is 0.818. The lowest BCUT2D eigenvalue weighted by Gasteiger charge is -2.40. The van der Waals surface area contributed by atoms with Crippen LogP contribution in [0.4, 0.5) is 0 Å². The van der Waals surface area contributed by atoms with E-state index < -0.39 is 0 Å². The molecule has 0 atom stereocenters. The van der Waals surface area contributed by atoms with Crippen molar-refractivity contribution in [1.82, 2.24) is 10.4 Å². The molecule has 1 fully saturated rings. The van der Waals surface area contributed by atoms with Gasteiger partial charge in [0, 0.05) is 24.8 Å². The summed E-state index contributed by atoms with van der Waals surface area (Å²) in [5.41, 5.74) is 2.95. The van der Waals surface area contributed by atoms with Crippen LogP contribution in [-0.2, 0) is 4.74 Å². The molecule has 1 saturated heterocycles. The molecule has 4 heteroatoms. The monoisotopic (exact) mass is 214 g/mol. The molecule has 0 aliphatic carbocycles. The molecule has 1 aliphatic heterocycles. The number of nitrogens with zero attached hydrogens (tertiary/aromatic N) is 1. The Labute approximate surface area is 91.9 Å². The van der Waals surface area contributed by atoms with Crippen molar-refractivity contribution in [3.05, 3.63) is 12.3 Å². The van der Waals surface area contributed by atoms with Gasteiger partial charge < -0.3 is 9.64 Å². The van der Waals surface area contributed by atoms with E-state index in [0.29, 0.717) is 0 Å². The van der Waals surface area contributed by atoms with Gasteiger partial charge in [0.15, 0.2) is 0 Å². The summed E-state index contributed by atoms with van der Waals surface area (Å²) < 4.78 is 5.05. The van der Waals surface area contributed by atoms with Crippen molar-refractivity contribution in [2.24, 2.45) is 5.41 Å². The summed E-state index contributed by atoms with van der Waals surface area (Å²) in [5, 5.41) is 8.88. The highest BCUT2D eigenvalue weighted by atomic mass is 16.5. The Morgan fingerprint density at radius 2 is 2.13 bits per heavy atom. The first-order valence-corrected chi connectivity index (χ1v) is 5.43. The molecular weight excluding hydrogens is 192 g/mol. The van der Waals surface area contributed by atoms with Crippen LogP contribution in [0.3, 0.4) is 0 Å². The Balaban J connectivity index is 2.37. The van der Waals surface area contributed by atoms with Gasteiger partial charge in [-0.3, -0.25) is 10.7 Å². The minimum Gasteiger partial charge on any atom is -0.383 e. The molecule has 0 aromatic carbocycles. The molecule has 0 radical (unpaired) electrons. The molecule has 0 saturated carbocycles. The van der Waals surface area contributed by atoms with Gasteiger partial charge in [0.2, 0.25) is 0 Å².